The number of ether oxygens (including phenoxy) is 1. The zero-order valence-electron chi connectivity index (χ0n) is 11.9. The van der Waals surface area contributed by atoms with Crippen LogP contribution in [0.15, 0.2) is 48.5 Å². The molecule has 1 aliphatic heterocycles. The van der Waals surface area contributed by atoms with Crippen molar-refractivity contribution in [3.8, 4) is 0 Å². The Balaban J connectivity index is 1.87. The van der Waals surface area contributed by atoms with E-state index in [0.717, 1.165) is 0 Å². The molecular weight excluding hydrogens is 285 g/mol. The minimum absolute atomic E-state index is 0.129. The van der Waals surface area contributed by atoms with Gasteiger partial charge in [0.15, 0.2) is 5.60 Å². The molecular formula is C17H14FNO3. The van der Waals surface area contributed by atoms with Crippen molar-refractivity contribution >= 4 is 17.6 Å². The number of cyclic esters (lactones) is 1. The molecule has 5 heteroatoms. The van der Waals surface area contributed by atoms with Gasteiger partial charge in [0.25, 0.3) is 5.91 Å². The van der Waals surface area contributed by atoms with Crippen molar-refractivity contribution in [2.75, 3.05) is 5.32 Å². The van der Waals surface area contributed by atoms with Crippen LogP contribution in [0, 0.1) is 5.82 Å². The molecule has 1 aliphatic rings. The van der Waals surface area contributed by atoms with Crippen molar-refractivity contribution in [3.05, 3.63) is 65.5 Å². The van der Waals surface area contributed by atoms with E-state index in [1.165, 1.54) is 25.1 Å². The zero-order valence-corrected chi connectivity index (χ0v) is 11.9. The van der Waals surface area contributed by atoms with Crippen LogP contribution in [-0.4, -0.2) is 17.5 Å². The van der Waals surface area contributed by atoms with Crippen molar-refractivity contribution in [2.24, 2.45) is 0 Å². The van der Waals surface area contributed by atoms with E-state index in [1.807, 2.05) is 6.07 Å². The summed E-state index contributed by atoms with van der Waals surface area (Å²) in [5, 5.41) is 2.71. The van der Waals surface area contributed by atoms with Crippen LogP contribution in [0.4, 0.5) is 10.1 Å². The van der Waals surface area contributed by atoms with Gasteiger partial charge in [-0.2, -0.15) is 0 Å². The maximum atomic E-state index is 13.4. The molecule has 22 heavy (non-hydrogen) atoms. The summed E-state index contributed by atoms with van der Waals surface area (Å²) in [6.07, 6.45) is 0.129. The highest BCUT2D eigenvalue weighted by molar-refractivity contribution is 6.02. The summed E-state index contributed by atoms with van der Waals surface area (Å²) >= 11 is 0. The lowest BCUT2D eigenvalue weighted by Crippen LogP contribution is -2.48. The molecule has 0 saturated heterocycles. The fourth-order valence-corrected chi connectivity index (χ4v) is 2.48. The van der Waals surface area contributed by atoms with Gasteiger partial charge in [0, 0.05) is 12.1 Å². The van der Waals surface area contributed by atoms with Gasteiger partial charge in [-0.15, -0.1) is 0 Å². The normalized spacial score (nSPS) is 20.0. The third-order valence-corrected chi connectivity index (χ3v) is 3.64. The van der Waals surface area contributed by atoms with Crippen LogP contribution >= 0.6 is 0 Å². The quantitative estimate of drug-likeness (QED) is 0.867. The first-order valence-corrected chi connectivity index (χ1v) is 6.86. The Morgan fingerprint density at radius 3 is 2.68 bits per heavy atom. The summed E-state index contributed by atoms with van der Waals surface area (Å²) in [7, 11) is 0. The molecule has 4 nitrogen and oxygen atoms in total. The molecule has 0 saturated carbocycles. The molecule has 112 valence electrons. The number of benzene rings is 2. The van der Waals surface area contributed by atoms with E-state index in [9.17, 15) is 14.0 Å². The molecule has 1 amide bonds. The van der Waals surface area contributed by atoms with Gasteiger partial charge in [0.05, 0.1) is 5.56 Å². The largest absolute Gasteiger partial charge is 0.445 e. The minimum atomic E-state index is -1.37. The second-order valence-corrected chi connectivity index (χ2v) is 5.42. The van der Waals surface area contributed by atoms with Crippen LogP contribution in [-0.2, 0) is 16.0 Å². The lowest BCUT2D eigenvalue weighted by atomic mass is 9.89. The Labute approximate surface area is 126 Å². The van der Waals surface area contributed by atoms with Crippen molar-refractivity contribution in [2.45, 2.75) is 18.9 Å². The average molecular weight is 299 g/mol. The maximum Gasteiger partial charge on any atom is 0.339 e. The van der Waals surface area contributed by atoms with Gasteiger partial charge in [-0.3, -0.25) is 4.79 Å². The van der Waals surface area contributed by atoms with E-state index >= 15 is 0 Å². The highest BCUT2D eigenvalue weighted by Crippen LogP contribution is 2.29. The molecule has 3 rings (SSSR count). The van der Waals surface area contributed by atoms with Gasteiger partial charge < -0.3 is 10.1 Å². The third kappa shape index (κ3) is 2.57. The number of carbonyl (C=O) groups is 2. The maximum absolute atomic E-state index is 13.4. The van der Waals surface area contributed by atoms with Crippen LogP contribution in [0.5, 0.6) is 0 Å². The van der Waals surface area contributed by atoms with Crippen LogP contribution in [0.3, 0.4) is 0 Å². The molecule has 0 radical (unpaired) electrons. The fraction of sp³-hybridized carbons (Fsp3) is 0.176. The third-order valence-electron chi connectivity index (χ3n) is 3.64. The second kappa shape index (κ2) is 5.26. The van der Waals surface area contributed by atoms with Crippen molar-refractivity contribution < 1.29 is 18.7 Å². The molecule has 1 unspecified atom stereocenters. The number of amides is 1. The molecule has 1 heterocycles. The van der Waals surface area contributed by atoms with Crippen LogP contribution in [0.25, 0.3) is 0 Å². The number of carbonyl (C=O) groups excluding carboxylic acids is 2. The molecule has 0 aromatic heterocycles. The molecule has 0 fully saturated rings. The van der Waals surface area contributed by atoms with E-state index < -0.39 is 23.3 Å². The van der Waals surface area contributed by atoms with Crippen molar-refractivity contribution in [3.63, 3.8) is 0 Å². The Kier molecular flexibility index (Phi) is 3.41. The second-order valence-electron chi connectivity index (χ2n) is 5.42. The van der Waals surface area contributed by atoms with E-state index in [-0.39, 0.29) is 6.42 Å². The number of para-hydroxylation sites is 1. The Hall–Kier alpha value is -2.69. The standard InChI is InChI=1S/C17H14FNO3/c1-17(16(21)19-13-5-3-2-4-6-13)10-11-9-12(18)7-8-14(11)15(20)22-17/h2-9H,10H2,1H3,(H,19,21). The number of rotatable bonds is 2. The molecule has 2 aromatic carbocycles. The van der Waals surface area contributed by atoms with Gasteiger partial charge in [-0.05, 0) is 42.8 Å². The first-order valence-electron chi connectivity index (χ1n) is 6.86. The van der Waals surface area contributed by atoms with E-state index in [1.54, 1.807) is 24.3 Å². The summed E-state index contributed by atoms with van der Waals surface area (Å²) in [5.41, 5.74) is 0.0106. The van der Waals surface area contributed by atoms with Crippen molar-refractivity contribution in [1.29, 1.82) is 0 Å². The van der Waals surface area contributed by atoms with Crippen LogP contribution in [0.1, 0.15) is 22.8 Å². The summed E-state index contributed by atoms with van der Waals surface area (Å²) in [4.78, 5) is 24.5. The summed E-state index contributed by atoms with van der Waals surface area (Å²) < 4.78 is 18.7. The summed E-state index contributed by atoms with van der Waals surface area (Å²) in [6.45, 7) is 1.52. The molecule has 0 aliphatic carbocycles. The summed E-state index contributed by atoms with van der Waals surface area (Å²) in [6, 6.07) is 12.7. The fourth-order valence-electron chi connectivity index (χ4n) is 2.48. The van der Waals surface area contributed by atoms with Gasteiger partial charge in [-0.1, -0.05) is 18.2 Å². The molecule has 1 atom stereocenters. The highest BCUT2D eigenvalue weighted by Gasteiger charge is 2.42. The lowest BCUT2D eigenvalue weighted by Gasteiger charge is -2.33. The monoisotopic (exact) mass is 299 g/mol. The van der Waals surface area contributed by atoms with Crippen LogP contribution in [0.2, 0.25) is 0 Å². The number of hydrogen-bond acceptors (Lipinski definition) is 3. The Bertz CT molecular complexity index is 745. The number of anilines is 1. The number of halogens is 1. The number of hydrogen-bond donors (Lipinski definition) is 1. The molecule has 0 spiro atoms. The number of fused-ring (bicyclic) bond motifs is 1. The lowest BCUT2D eigenvalue weighted by molar-refractivity contribution is -0.134. The van der Waals surface area contributed by atoms with E-state index in [2.05, 4.69) is 5.32 Å². The molecule has 2 aromatic rings. The molecule has 1 N–H and O–H groups in total. The van der Waals surface area contributed by atoms with E-state index in [0.29, 0.717) is 16.8 Å². The topological polar surface area (TPSA) is 55.4 Å². The average Bonchev–Trinajstić information content (AvgIpc) is 2.47. The Morgan fingerprint density at radius 2 is 1.95 bits per heavy atom. The predicted molar refractivity (Wildman–Crippen MR) is 79.0 cm³/mol. The van der Waals surface area contributed by atoms with Gasteiger partial charge in [0.1, 0.15) is 5.82 Å². The number of nitrogens with one attached hydrogen (secondary N) is 1. The van der Waals surface area contributed by atoms with Gasteiger partial charge in [-0.25, -0.2) is 9.18 Å². The first-order chi connectivity index (χ1) is 10.5. The van der Waals surface area contributed by atoms with Crippen LogP contribution < -0.4 is 5.32 Å². The van der Waals surface area contributed by atoms with Gasteiger partial charge in [0.2, 0.25) is 0 Å². The highest BCUT2D eigenvalue weighted by atomic mass is 19.1. The number of esters is 1. The predicted octanol–water partition coefficient (Wildman–Crippen LogP) is 2.94. The summed E-state index contributed by atoms with van der Waals surface area (Å²) in [5.74, 6) is -1.51. The molecule has 0 bridgehead atoms. The van der Waals surface area contributed by atoms with Gasteiger partial charge >= 0.3 is 5.97 Å². The Morgan fingerprint density at radius 1 is 1.23 bits per heavy atom. The zero-order chi connectivity index (χ0) is 15.7. The smallest absolute Gasteiger partial charge is 0.339 e. The van der Waals surface area contributed by atoms with E-state index in [4.69, 9.17) is 4.74 Å². The first kappa shape index (κ1) is 14.3. The SMILES string of the molecule is CC1(C(=O)Nc2ccccc2)Cc2cc(F)ccc2C(=O)O1. The van der Waals surface area contributed by atoms with Crippen molar-refractivity contribution in [1.82, 2.24) is 0 Å². The minimum Gasteiger partial charge on any atom is -0.445 e.